The predicted octanol–water partition coefficient (Wildman–Crippen LogP) is 4.40. The van der Waals surface area contributed by atoms with E-state index in [1.807, 2.05) is 37.4 Å². The van der Waals surface area contributed by atoms with Crippen LogP contribution in [0.15, 0.2) is 54.7 Å². The van der Waals surface area contributed by atoms with Crippen LogP contribution in [0.3, 0.4) is 0 Å². The Morgan fingerprint density at radius 2 is 1.88 bits per heavy atom. The van der Waals surface area contributed by atoms with E-state index in [0.717, 1.165) is 22.5 Å². The van der Waals surface area contributed by atoms with Crippen molar-refractivity contribution in [2.24, 2.45) is 0 Å². The molecule has 0 radical (unpaired) electrons. The maximum Gasteiger partial charge on any atom is 0.245 e. The van der Waals surface area contributed by atoms with E-state index >= 15 is 0 Å². The van der Waals surface area contributed by atoms with E-state index in [9.17, 15) is 4.79 Å². The first-order valence-electron chi connectivity index (χ1n) is 8.19. The zero-order valence-electron chi connectivity index (χ0n) is 14.4. The van der Waals surface area contributed by atoms with E-state index in [4.69, 9.17) is 0 Å². The summed E-state index contributed by atoms with van der Waals surface area (Å²) in [5.41, 5.74) is 4.59. The van der Waals surface area contributed by atoms with Crippen LogP contribution in [0.2, 0.25) is 0 Å². The third-order valence-electron chi connectivity index (χ3n) is 3.77. The van der Waals surface area contributed by atoms with Gasteiger partial charge < -0.3 is 10.6 Å². The summed E-state index contributed by atoms with van der Waals surface area (Å²) in [5.74, 6) is -0.0993. The second kappa shape index (κ2) is 7.94. The standard InChI is InChI=1S/C20H21N3OS/c1-14-6-8-16(9-7-14)11-18-12-22-20(25-18)23-19(24)13-21-17-5-3-4-15(2)10-17/h3-10,12,21H,11,13H2,1-2H3,(H,22,23,24). The summed E-state index contributed by atoms with van der Waals surface area (Å²) in [7, 11) is 0. The largest absolute Gasteiger partial charge is 0.376 e. The first-order chi connectivity index (χ1) is 12.1. The lowest BCUT2D eigenvalue weighted by Gasteiger charge is -2.06. The molecule has 0 aliphatic rings. The number of hydrogen-bond acceptors (Lipinski definition) is 4. The van der Waals surface area contributed by atoms with Gasteiger partial charge in [0.15, 0.2) is 5.13 Å². The number of aryl methyl sites for hydroxylation is 2. The number of amides is 1. The smallest absolute Gasteiger partial charge is 0.245 e. The normalized spacial score (nSPS) is 10.5. The molecule has 0 bridgehead atoms. The third-order valence-corrected chi connectivity index (χ3v) is 4.68. The Bertz CT molecular complexity index is 855. The fraction of sp³-hybridized carbons (Fsp3) is 0.200. The van der Waals surface area contributed by atoms with E-state index in [1.54, 1.807) is 0 Å². The molecule has 2 N–H and O–H groups in total. The quantitative estimate of drug-likeness (QED) is 0.692. The van der Waals surface area contributed by atoms with E-state index in [2.05, 4.69) is 46.8 Å². The monoisotopic (exact) mass is 351 g/mol. The number of carbonyl (C=O) groups is 1. The fourth-order valence-electron chi connectivity index (χ4n) is 2.45. The van der Waals surface area contributed by atoms with E-state index in [0.29, 0.717) is 5.13 Å². The maximum absolute atomic E-state index is 12.1. The van der Waals surface area contributed by atoms with Gasteiger partial charge in [0.1, 0.15) is 0 Å². The van der Waals surface area contributed by atoms with Gasteiger partial charge in [-0.3, -0.25) is 4.79 Å². The van der Waals surface area contributed by atoms with Gasteiger partial charge in [-0.25, -0.2) is 4.98 Å². The number of nitrogens with one attached hydrogen (secondary N) is 2. The highest BCUT2D eigenvalue weighted by molar-refractivity contribution is 7.15. The van der Waals surface area contributed by atoms with Gasteiger partial charge in [-0.2, -0.15) is 0 Å². The molecular formula is C20H21N3OS. The van der Waals surface area contributed by atoms with Crippen LogP contribution in [0.1, 0.15) is 21.6 Å². The van der Waals surface area contributed by atoms with Gasteiger partial charge in [0, 0.05) is 23.2 Å². The summed E-state index contributed by atoms with van der Waals surface area (Å²) in [4.78, 5) is 17.5. The SMILES string of the molecule is Cc1ccc(Cc2cnc(NC(=O)CNc3cccc(C)c3)s2)cc1. The first-order valence-corrected chi connectivity index (χ1v) is 9.01. The van der Waals surface area contributed by atoms with Crippen LogP contribution in [0, 0.1) is 13.8 Å². The molecule has 1 aromatic heterocycles. The van der Waals surface area contributed by atoms with Crippen molar-refractivity contribution >= 4 is 28.1 Å². The number of thiazole rings is 1. The molecule has 128 valence electrons. The van der Waals surface area contributed by atoms with Crippen LogP contribution in [0.4, 0.5) is 10.8 Å². The Labute approximate surface area is 151 Å². The number of aromatic nitrogens is 1. The van der Waals surface area contributed by atoms with Gasteiger partial charge in [-0.15, -0.1) is 11.3 Å². The fourth-order valence-corrected chi connectivity index (χ4v) is 3.32. The zero-order valence-corrected chi connectivity index (χ0v) is 15.2. The van der Waals surface area contributed by atoms with Crippen LogP contribution < -0.4 is 10.6 Å². The topological polar surface area (TPSA) is 54.0 Å². The number of anilines is 2. The van der Waals surface area contributed by atoms with Crippen LogP contribution in [0.5, 0.6) is 0 Å². The van der Waals surface area contributed by atoms with Crippen LogP contribution >= 0.6 is 11.3 Å². The molecule has 0 saturated heterocycles. The number of hydrogen-bond donors (Lipinski definition) is 2. The van der Waals surface area contributed by atoms with Gasteiger partial charge in [0.25, 0.3) is 0 Å². The molecule has 0 saturated carbocycles. The summed E-state index contributed by atoms with van der Waals surface area (Å²) in [5, 5.41) is 6.61. The molecule has 2 aromatic carbocycles. The Kier molecular flexibility index (Phi) is 5.46. The summed E-state index contributed by atoms with van der Waals surface area (Å²) < 4.78 is 0. The van der Waals surface area contributed by atoms with Crippen LogP contribution in [-0.2, 0) is 11.2 Å². The molecule has 1 heterocycles. The van der Waals surface area contributed by atoms with E-state index < -0.39 is 0 Å². The second-order valence-corrected chi connectivity index (χ2v) is 7.18. The molecule has 0 aliphatic heterocycles. The van der Waals surface area contributed by atoms with E-state index in [1.165, 1.54) is 22.5 Å². The van der Waals surface area contributed by atoms with Crippen molar-refractivity contribution in [1.29, 1.82) is 0 Å². The minimum atomic E-state index is -0.0993. The minimum Gasteiger partial charge on any atom is -0.376 e. The van der Waals surface area contributed by atoms with Crippen molar-refractivity contribution in [3.05, 3.63) is 76.3 Å². The Balaban J connectivity index is 1.52. The summed E-state index contributed by atoms with van der Waals surface area (Å²) >= 11 is 1.51. The van der Waals surface area contributed by atoms with Crippen molar-refractivity contribution in [2.45, 2.75) is 20.3 Å². The van der Waals surface area contributed by atoms with Gasteiger partial charge in [0.2, 0.25) is 5.91 Å². The first kappa shape index (κ1) is 17.2. The average Bonchev–Trinajstić information content (AvgIpc) is 3.02. The highest BCUT2D eigenvalue weighted by Gasteiger charge is 2.07. The molecule has 4 nitrogen and oxygen atoms in total. The summed E-state index contributed by atoms with van der Waals surface area (Å²) in [6.45, 7) is 4.32. The Hall–Kier alpha value is -2.66. The molecule has 0 aliphatic carbocycles. The summed E-state index contributed by atoms with van der Waals surface area (Å²) in [6, 6.07) is 16.4. The van der Waals surface area contributed by atoms with Gasteiger partial charge in [0.05, 0.1) is 6.54 Å². The van der Waals surface area contributed by atoms with Crippen molar-refractivity contribution < 1.29 is 4.79 Å². The van der Waals surface area contributed by atoms with E-state index in [-0.39, 0.29) is 12.5 Å². The number of nitrogens with zero attached hydrogens (tertiary/aromatic N) is 1. The molecule has 3 aromatic rings. The van der Waals surface area contributed by atoms with Crippen molar-refractivity contribution in [2.75, 3.05) is 17.2 Å². The number of carbonyl (C=O) groups excluding carboxylic acids is 1. The second-order valence-electron chi connectivity index (χ2n) is 6.07. The molecule has 0 spiro atoms. The number of benzene rings is 2. The van der Waals surface area contributed by atoms with Gasteiger partial charge in [-0.05, 0) is 37.1 Å². The van der Waals surface area contributed by atoms with Crippen molar-refractivity contribution in [3.63, 3.8) is 0 Å². The molecule has 25 heavy (non-hydrogen) atoms. The predicted molar refractivity (Wildman–Crippen MR) is 104 cm³/mol. The van der Waals surface area contributed by atoms with Crippen LogP contribution in [0.25, 0.3) is 0 Å². The lowest BCUT2D eigenvalue weighted by molar-refractivity contribution is -0.114. The molecule has 0 atom stereocenters. The zero-order chi connectivity index (χ0) is 17.6. The highest BCUT2D eigenvalue weighted by Crippen LogP contribution is 2.21. The van der Waals surface area contributed by atoms with Crippen molar-refractivity contribution in [1.82, 2.24) is 4.98 Å². The lowest BCUT2D eigenvalue weighted by atomic mass is 10.1. The van der Waals surface area contributed by atoms with Crippen LogP contribution in [-0.4, -0.2) is 17.4 Å². The Morgan fingerprint density at radius 3 is 2.64 bits per heavy atom. The molecule has 3 rings (SSSR count). The molecular weight excluding hydrogens is 330 g/mol. The average molecular weight is 351 g/mol. The van der Waals surface area contributed by atoms with Crippen molar-refractivity contribution in [3.8, 4) is 0 Å². The highest BCUT2D eigenvalue weighted by atomic mass is 32.1. The molecule has 5 heteroatoms. The minimum absolute atomic E-state index is 0.0993. The van der Waals surface area contributed by atoms with Gasteiger partial charge >= 0.3 is 0 Å². The number of rotatable bonds is 6. The molecule has 0 unspecified atom stereocenters. The molecule has 1 amide bonds. The lowest BCUT2D eigenvalue weighted by Crippen LogP contribution is -2.21. The van der Waals surface area contributed by atoms with Gasteiger partial charge in [-0.1, -0.05) is 42.0 Å². The summed E-state index contributed by atoms with van der Waals surface area (Å²) in [6.07, 6.45) is 2.66. The molecule has 0 fully saturated rings. The Morgan fingerprint density at radius 1 is 1.08 bits per heavy atom. The maximum atomic E-state index is 12.1. The third kappa shape index (κ3) is 5.16.